The van der Waals surface area contributed by atoms with E-state index >= 15 is 0 Å². The number of hydrogen-bond donors (Lipinski definition) is 1. The summed E-state index contributed by atoms with van der Waals surface area (Å²) >= 11 is 6.11. The predicted molar refractivity (Wildman–Crippen MR) is 71.4 cm³/mol. The molecular weight excluding hydrogens is 266 g/mol. The van der Waals surface area contributed by atoms with Gasteiger partial charge in [0.2, 0.25) is 5.91 Å². The van der Waals surface area contributed by atoms with Crippen LogP contribution in [0.25, 0.3) is 5.52 Å². The van der Waals surface area contributed by atoms with Crippen LogP contribution in [0, 0.1) is 5.92 Å². The number of nitrogens with one attached hydrogen (secondary N) is 1. The number of carbonyl (C=O) groups excluding carboxylic acids is 1. The minimum absolute atomic E-state index is 0.0592. The van der Waals surface area contributed by atoms with Gasteiger partial charge in [0, 0.05) is 25.1 Å². The topological polar surface area (TPSA) is 55.6 Å². The third-order valence-corrected chi connectivity index (χ3v) is 3.72. The Bertz CT molecular complexity index is 625. The number of hydrogen-bond acceptors (Lipinski definition) is 3. The Hall–Kier alpha value is -1.75. The molecule has 2 aromatic heterocycles. The van der Waals surface area contributed by atoms with Crippen molar-refractivity contribution in [1.29, 1.82) is 0 Å². The van der Waals surface area contributed by atoms with Crippen molar-refractivity contribution in [2.45, 2.75) is 19.4 Å². The van der Waals surface area contributed by atoms with E-state index in [4.69, 9.17) is 16.3 Å². The molecule has 1 aliphatic heterocycles. The van der Waals surface area contributed by atoms with Crippen molar-refractivity contribution in [1.82, 2.24) is 14.9 Å². The van der Waals surface area contributed by atoms with Crippen molar-refractivity contribution < 1.29 is 9.53 Å². The highest BCUT2D eigenvalue weighted by Gasteiger charge is 2.28. The average Bonchev–Trinajstić information content (AvgIpc) is 2.97. The molecule has 2 aromatic rings. The number of aromatic nitrogens is 2. The molecule has 1 aliphatic rings. The Morgan fingerprint density at radius 2 is 2.47 bits per heavy atom. The zero-order valence-electron chi connectivity index (χ0n) is 10.5. The number of amides is 1. The molecule has 0 radical (unpaired) electrons. The number of carbonyl (C=O) groups is 1. The van der Waals surface area contributed by atoms with E-state index in [1.54, 1.807) is 10.7 Å². The van der Waals surface area contributed by atoms with E-state index in [1.165, 1.54) is 0 Å². The van der Waals surface area contributed by atoms with E-state index in [2.05, 4.69) is 10.4 Å². The van der Waals surface area contributed by atoms with Crippen LogP contribution in [-0.2, 0) is 4.79 Å². The molecule has 5 nitrogen and oxygen atoms in total. The van der Waals surface area contributed by atoms with Crippen molar-refractivity contribution >= 4 is 23.0 Å². The Labute approximate surface area is 115 Å². The van der Waals surface area contributed by atoms with Gasteiger partial charge in [0.15, 0.2) is 0 Å². The van der Waals surface area contributed by atoms with E-state index in [0.29, 0.717) is 23.7 Å². The van der Waals surface area contributed by atoms with E-state index in [-0.39, 0.29) is 17.9 Å². The van der Waals surface area contributed by atoms with Gasteiger partial charge in [-0.15, -0.1) is 0 Å². The first-order valence-corrected chi connectivity index (χ1v) is 6.58. The molecule has 1 N–H and O–H groups in total. The SMILES string of the molecule is CC(Oc1cccn2ncc(Cl)c12)C1CNC(=O)C1. The smallest absolute Gasteiger partial charge is 0.220 e. The maximum Gasteiger partial charge on any atom is 0.220 e. The fourth-order valence-electron chi connectivity index (χ4n) is 2.33. The first-order valence-electron chi connectivity index (χ1n) is 6.20. The normalized spacial score (nSPS) is 20.5. The van der Waals surface area contributed by atoms with Gasteiger partial charge in [0.1, 0.15) is 17.4 Å². The summed E-state index contributed by atoms with van der Waals surface area (Å²) in [5.41, 5.74) is 0.758. The molecule has 6 heteroatoms. The maximum atomic E-state index is 11.2. The number of rotatable bonds is 3. The van der Waals surface area contributed by atoms with Crippen molar-refractivity contribution in [2.24, 2.45) is 5.92 Å². The van der Waals surface area contributed by atoms with Crippen molar-refractivity contribution in [3.8, 4) is 5.75 Å². The highest BCUT2D eigenvalue weighted by atomic mass is 35.5. The zero-order chi connectivity index (χ0) is 13.4. The van der Waals surface area contributed by atoms with Crippen LogP contribution in [0.4, 0.5) is 0 Å². The second-order valence-corrected chi connectivity index (χ2v) is 5.16. The average molecular weight is 280 g/mol. The quantitative estimate of drug-likeness (QED) is 0.933. The van der Waals surface area contributed by atoms with Crippen LogP contribution < -0.4 is 10.1 Å². The van der Waals surface area contributed by atoms with Crippen LogP contribution >= 0.6 is 11.6 Å². The monoisotopic (exact) mass is 279 g/mol. The third kappa shape index (κ3) is 2.26. The van der Waals surface area contributed by atoms with Gasteiger partial charge in [-0.05, 0) is 19.1 Å². The standard InChI is InChI=1S/C13H14ClN3O2/c1-8(9-5-12(18)15-6-9)19-11-3-2-4-17-13(11)10(14)7-16-17/h2-4,7-9H,5-6H2,1H3,(H,15,18). The van der Waals surface area contributed by atoms with Gasteiger partial charge in [-0.2, -0.15) is 5.10 Å². The summed E-state index contributed by atoms with van der Waals surface area (Å²) < 4.78 is 7.64. The minimum Gasteiger partial charge on any atom is -0.488 e. The summed E-state index contributed by atoms with van der Waals surface area (Å²) in [5, 5.41) is 7.51. The summed E-state index contributed by atoms with van der Waals surface area (Å²) in [4.78, 5) is 11.2. The maximum absolute atomic E-state index is 11.2. The van der Waals surface area contributed by atoms with Crippen LogP contribution in [0.1, 0.15) is 13.3 Å². The zero-order valence-corrected chi connectivity index (χ0v) is 11.2. The summed E-state index contributed by atoms with van der Waals surface area (Å²) in [6, 6.07) is 3.72. The molecule has 19 heavy (non-hydrogen) atoms. The number of fused-ring (bicyclic) bond motifs is 1. The molecule has 0 saturated carbocycles. The van der Waals surface area contributed by atoms with Gasteiger partial charge < -0.3 is 10.1 Å². The number of ether oxygens (including phenoxy) is 1. The molecule has 3 rings (SSSR count). The van der Waals surface area contributed by atoms with Gasteiger partial charge in [-0.25, -0.2) is 4.52 Å². The Kier molecular flexibility index (Phi) is 3.06. The Morgan fingerprint density at radius 3 is 3.21 bits per heavy atom. The highest BCUT2D eigenvalue weighted by Crippen LogP contribution is 2.29. The fraction of sp³-hybridized carbons (Fsp3) is 0.385. The van der Waals surface area contributed by atoms with E-state index in [9.17, 15) is 4.79 Å². The molecule has 0 spiro atoms. The fourth-order valence-corrected chi connectivity index (χ4v) is 2.55. The molecule has 1 fully saturated rings. The van der Waals surface area contributed by atoms with E-state index < -0.39 is 0 Å². The second-order valence-electron chi connectivity index (χ2n) is 4.75. The molecule has 0 aromatic carbocycles. The minimum atomic E-state index is -0.0592. The molecule has 1 amide bonds. The molecule has 1 saturated heterocycles. The summed E-state index contributed by atoms with van der Waals surface area (Å²) in [5.74, 6) is 0.965. The van der Waals surface area contributed by atoms with Crippen LogP contribution in [0.5, 0.6) is 5.75 Å². The Balaban J connectivity index is 1.85. The summed E-state index contributed by atoms with van der Waals surface area (Å²) in [6.45, 7) is 2.63. The van der Waals surface area contributed by atoms with Gasteiger partial charge >= 0.3 is 0 Å². The lowest BCUT2D eigenvalue weighted by Crippen LogP contribution is -2.25. The second kappa shape index (κ2) is 4.74. The van der Waals surface area contributed by atoms with Crippen molar-refractivity contribution in [2.75, 3.05) is 6.54 Å². The number of pyridine rings is 1. The first kappa shape index (κ1) is 12.3. The lowest BCUT2D eigenvalue weighted by Gasteiger charge is -2.20. The van der Waals surface area contributed by atoms with Crippen LogP contribution in [0.2, 0.25) is 5.02 Å². The van der Waals surface area contributed by atoms with Gasteiger partial charge in [0.25, 0.3) is 0 Å². The first-order chi connectivity index (χ1) is 9.15. The van der Waals surface area contributed by atoms with Crippen LogP contribution in [0.15, 0.2) is 24.5 Å². The van der Waals surface area contributed by atoms with Gasteiger partial charge in [-0.3, -0.25) is 4.79 Å². The Morgan fingerprint density at radius 1 is 1.63 bits per heavy atom. The van der Waals surface area contributed by atoms with Crippen LogP contribution in [0.3, 0.4) is 0 Å². The van der Waals surface area contributed by atoms with Crippen LogP contribution in [-0.4, -0.2) is 28.2 Å². The largest absolute Gasteiger partial charge is 0.488 e. The lowest BCUT2D eigenvalue weighted by molar-refractivity contribution is -0.119. The molecule has 100 valence electrons. The molecule has 0 bridgehead atoms. The molecule has 2 unspecified atom stereocenters. The number of halogens is 1. The summed E-state index contributed by atoms with van der Waals surface area (Å²) in [6.07, 6.45) is 3.86. The molecule has 3 heterocycles. The third-order valence-electron chi connectivity index (χ3n) is 3.44. The molecule has 2 atom stereocenters. The van der Waals surface area contributed by atoms with E-state index in [0.717, 1.165) is 5.52 Å². The van der Waals surface area contributed by atoms with Gasteiger partial charge in [-0.1, -0.05) is 11.6 Å². The predicted octanol–water partition coefficient (Wildman–Crippen LogP) is 1.89. The summed E-state index contributed by atoms with van der Waals surface area (Å²) in [7, 11) is 0. The van der Waals surface area contributed by atoms with Crippen molar-refractivity contribution in [3.63, 3.8) is 0 Å². The molecular formula is C13H14ClN3O2. The van der Waals surface area contributed by atoms with Crippen molar-refractivity contribution in [3.05, 3.63) is 29.5 Å². The molecule has 0 aliphatic carbocycles. The van der Waals surface area contributed by atoms with E-state index in [1.807, 2.05) is 25.3 Å². The number of nitrogens with zero attached hydrogens (tertiary/aromatic N) is 2. The highest BCUT2D eigenvalue weighted by molar-refractivity contribution is 6.34. The lowest BCUT2D eigenvalue weighted by atomic mass is 10.0. The van der Waals surface area contributed by atoms with Gasteiger partial charge in [0.05, 0.1) is 11.2 Å².